The second kappa shape index (κ2) is 6.06. The molecule has 0 N–H and O–H groups in total. The highest BCUT2D eigenvalue weighted by Gasteiger charge is 2.30. The quantitative estimate of drug-likeness (QED) is 0.739. The van der Waals surface area contributed by atoms with E-state index in [9.17, 15) is 13.2 Å². The fraction of sp³-hybridized carbons (Fsp3) is 0.308. The highest BCUT2D eigenvalue weighted by atomic mass is 35.5. The lowest BCUT2D eigenvalue weighted by molar-refractivity contribution is -0.137. The number of imidazole rings is 1. The van der Waals surface area contributed by atoms with Crippen LogP contribution in [0.15, 0.2) is 24.3 Å². The zero-order chi connectivity index (χ0) is 14.2. The minimum atomic E-state index is -4.32. The summed E-state index contributed by atoms with van der Waals surface area (Å²) in [6, 6.07) is 4.95. The van der Waals surface area contributed by atoms with Gasteiger partial charge in [0, 0.05) is 18.3 Å². The Labute approximate surface area is 126 Å². The van der Waals surface area contributed by atoms with Crippen LogP contribution in [-0.4, -0.2) is 9.55 Å². The standard InChI is InChI=1S/C13H12ClF3N2.ClH/c1-8-11(7-14)18-12(19(8)2)9-3-5-10(6-4-9)13(15,16)17;/h3-6H,7H2,1-2H3;1H. The van der Waals surface area contributed by atoms with Crippen molar-refractivity contribution < 1.29 is 13.2 Å². The molecule has 110 valence electrons. The number of halogens is 5. The summed E-state index contributed by atoms with van der Waals surface area (Å²) in [5.74, 6) is 0.891. The average Bonchev–Trinajstić information content (AvgIpc) is 2.65. The van der Waals surface area contributed by atoms with Gasteiger partial charge in [-0.1, -0.05) is 12.1 Å². The predicted octanol–water partition coefficient (Wildman–Crippen LogP) is 4.57. The number of nitrogens with zero attached hydrogens (tertiary/aromatic N) is 2. The lowest BCUT2D eigenvalue weighted by Gasteiger charge is -2.08. The first-order chi connectivity index (χ1) is 8.84. The molecule has 0 aliphatic rings. The van der Waals surface area contributed by atoms with Crippen LogP contribution in [0.5, 0.6) is 0 Å². The molecule has 0 radical (unpaired) electrons. The summed E-state index contributed by atoms with van der Waals surface area (Å²) in [5.41, 5.74) is 1.61. The number of hydrogen-bond acceptors (Lipinski definition) is 1. The van der Waals surface area contributed by atoms with Gasteiger partial charge in [-0.25, -0.2) is 4.98 Å². The minimum absolute atomic E-state index is 0. The number of rotatable bonds is 2. The van der Waals surface area contributed by atoms with Crippen LogP contribution in [0.2, 0.25) is 0 Å². The van der Waals surface area contributed by atoms with Crippen LogP contribution in [-0.2, 0) is 19.1 Å². The largest absolute Gasteiger partial charge is 0.416 e. The molecule has 1 aromatic carbocycles. The van der Waals surface area contributed by atoms with Crippen molar-refractivity contribution in [2.75, 3.05) is 0 Å². The van der Waals surface area contributed by atoms with Gasteiger partial charge in [0.05, 0.1) is 17.1 Å². The molecule has 0 bridgehead atoms. The van der Waals surface area contributed by atoms with Crippen molar-refractivity contribution in [1.82, 2.24) is 9.55 Å². The highest BCUT2D eigenvalue weighted by molar-refractivity contribution is 6.17. The highest BCUT2D eigenvalue weighted by Crippen LogP contribution is 2.31. The number of hydrogen-bond donors (Lipinski definition) is 0. The maximum Gasteiger partial charge on any atom is 0.416 e. The summed E-state index contributed by atoms with van der Waals surface area (Å²) >= 11 is 5.77. The van der Waals surface area contributed by atoms with Crippen molar-refractivity contribution in [3.05, 3.63) is 41.2 Å². The maximum atomic E-state index is 12.5. The van der Waals surface area contributed by atoms with Gasteiger partial charge in [0.15, 0.2) is 0 Å². The van der Waals surface area contributed by atoms with E-state index >= 15 is 0 Å². The zero-order valence-corrected chi connectivity index (χ0v) is 12.4. The lowest BCUT2D eigenvalue weighted by Crippen LogP contribution is -2.04. The van der Waals surface area contributed by atoms with Gasteiger partial charge in [0.25, 0.3) is 0 Å². The van der Waals surface area contributed by atoms with E-state index in [0.29, 0.717) is 11.4 Å². The Balaban J connectivity index is 0.00000200. The van der Waals surface area contributed by atoms with Crippen molar-refractivity contribution >= 4 is 24.0 Å². The molecule has 0 saturated carbocycles. The van der Waals surface area contributed by atoms with E-state index in [1.54, 1.807) is 0 Å². The minimum Gasteiger partial charge on any atom is -0.331 e. The number of aromatic nitrogens is 2. The second-order valence-corrected chi connectivity index (χ2v) is 4.50. The molecule has 0 aliphatic carbocycles. The van der Waals surface area contributed by atoms with Crippen LogP contribution >= 0.6 is 24.0 Å². The van der Waals surface area contributed by atoms with Gasteiger partial charge < -0.3 is 4.57 Å². The Bertz CT molecular complexity index is 589. The fourth-order valence-corrected chi connectivity index (χ4v) is 2.08. The zero-order valence-electron chi connectivity index (χ0n) is 10.8. The van der Waals surface area contributed by atoms with Crippen LogP contribution in [0.25, 0.3) is 11.4 Å². The number of benzene rings is 1. The summed E-state index contributed by atoms with van der Waals surface area (Å²) in [6.07, 6.45) is -4.32. The van der Waals surface area contributed by atoms with Gasteiger partial charge in [-0.3, -0.25) is 0 Å². The predicted molar refractivity (Wildman–Crippen MR) is 75.2 cm³/mol. The molecule has 20 heavy (non-hydrogen) atoms. The van der Waals surface area contributed by atoms with E-state index in [2.05, 4.69) is 4.98 Å². The SMILES string of the molecule is Cc1c(CCl)nc(-c2ccc(C(F)(F)F)cc2)n1C.Cl. The maximum absolute atomic E-state index is 12.5. The summed E-state index contributed by atoms with van der Waals surface area (Å²) < 4.78 is 39.3. The first kappa shape index (κ1) is 16.9. The molecule has 0 fully saturated rings. The first-order valence-corrected chi connectivity index (χ1v) is 6.14. The Morgan fingerprint density at radius 2 is 1.75 bits per heavy atom. The monoisotopic (exact) mass is 324 g/mol. The van der Waals surface area contributed by atoms with Crippen LogP contribution in [0.4, 0.5) is 13.2 Å². The van der Waals surface area contributed by atoms with E-state index in [4.69, 9.17) is 11.6 Å². The Kier molecular flexibility index (Phi) is 5.10. The fourth-order valence-electron chi connectivity index (χ4n) is 1.83. The summed E-state index contributed by atoms with van der Waals surface area (Å²) in [4.78, 5) is 4.34. The smallest absolute Gasteiger partial charge is 0.331 e. The van der Waals surface area contributed by atoms with Crippen LogP contribution in [0.1, 0.15) is 17.0 Å². The lowest BCUT2D eigenvalue weighted by atomic mass is 10.1. The molecule has 2 nitrogen and oxygen atoms in total. The van der Waals surface area contributed by atoms with Gasteiger partial charge in [-0.05, 0) is 19.1 Å². The summed E-state index contributed by atoms with van der Waals surface area (Å²) in [5, 5.41) is 0. The molecule has 0 saturated heterocycles. The molecule has 0 aliphatic heterocycles. The molecule has 0 atom stereocenters. The molecule has 2 rings (SSSR count). The molecule has 0 spiro atoms. The van der Waals surface area contributed by atoms with Crippen molar-refractivity contribution in [3.8, 4) is 11.4 Å². The molecule has 1 aromatic heterocycles. The van der Waals surface area contributed by atoms with Crippen LogP contribution < -0.4 is 0 Å². The molecular weight excluding hydrogens is 312 g/mol. The normalized spacial score (nSPS) is 11.3. The summed E-state index contributed by atoms with van der Waals surface area (Å²) in [6.45, 7) is 1.87. The van der Waals surface area contributed by atoms with Gasteiger partial charge in [-0.15, -0.1) is 24.0 Å². The molecular formula is C13H13Cl2F3N2. The Morgan fingerprint density at radius 3 is 2.15 bits per heavy atom. The number of alkyl halides is 4. The third-order valence-electron chi connectivity index (χ3n) is 3.08. The van der Waals surface area contributed by atoms with Crippen molar-refractivity contribution in [2.24, 2.45) is 7.05 Å². The average molecular weight is 325 g/mol. The topological polar surface area (TPSA) is 17.8 Å². The third kappa shape index (κ3) is 3.10. The van der Waals surface area contributed by atoms with Crippen molar-refractivity contribution in [3.63, 3.8) is 0 Å². The van der Waals surface area contributed by atoms with E-state index in [0.717, 1.165) is 23.5 Å². The Hall–Kier alpha value is -1.20. The molecule has 2 aromatic rings. The van der Waals surface area contributed by atoms with Crippen molar-refractivity contribution in [2.45, 2.75) is 19.0 Å². The Morgan fingerprint density at radius 1 is 1.20 bits per heavy atom. The third-order valence-corrected chi connectivity index (χ3v) is 3.33. The molecule has 7 heteroatoms. The van der Waals surface area contributed by atoms with Gasteiger partial charge >= 0.3 is 6.18 Å². The van der Waals surface area contributed by atoms with Crippen molar-refractivity contribution in [1.29, 1.82) is 0 Å². The van der Waals surface area contributed by atoms with Gasteiger partial charge in [0.2, 0.25) is 0 Å². The first-order valence-electron chi connectivity index (χ1n) is 5.60. The van der Waals surface area contributed by atoms with Gasteiger partial charge in [0.1, 0.15) is 5.82 Å². The van der Waals surface area contributed by atoms with E-state index < -0.39 is 11.7 Å². The van der Waals surface area contributed by atoms with Crippen LogP contribution in [0, 0.1) is 6.92 Å². The van der Waals surface area contributed by atoms with E-state index in [1.165, 1.54) is 12.1 Å². The van der Waals surface area contributed by atoms with E-state index in [1.807, 2.05) is 18.5 Å². The van der Waals surface area contributed by atoms with E-state index in [-0.39, 0.29) is 18.3 Å². The molecule has 0 unspecified atom stereocenters. The van der Waals surface area contributed by atoms with Gasteiger partial charge in [-0.2, -0.15) is 13.2 Å². The molecule has 1 heterocycles. The summed E-state index contributed by atoms with van der Waals surface area (Å²) in [7, 11) is 1.81. The van der Waals surface area contributed by atoms with Crippen LogP contribution in [0.3, 0.4) is 0 Å². The second-order valence-electron chi connectivity index (χ2n) is 4.24. The molecule has 0 amide bonds.